The van der Waals surface area contributed by atoms with E-state index in [9.17, 15) is 4.79 Å². The van der Waals surface area contributed by atoms with Crippen molar-refractivity contribution in [2.75, 3.05) is 12.9 Å². The third-order valence-electron chi connectivity index (χ3n) is 4.18. The number of imidazole rings is 1. The number of aromatic nitrogens is 5. The highest BCUT2D eigenvalue weighted by Gasteiger charge is 2.18. The Morgan fingerprint density at radius 1 is 1.14 bits per heavy atom. The number of esters is 1. The van der Waals surface area contributed by atoms with Crippen LogP contribution in [0, 0.1) is 0 Å². The number of fused-ring (bicyclic) bond motifs is 1. The van der Waals surface area contributed by atoms with Gasteiger partial charge in [-0.2, -0.15) is 0 Å². The fourth-order valence-electron chi connectivity index (χ4n) is 2.84. The van der Waals surface area contributed by atoms with Crippen molar-refractivity contribution in [1.29, 1.82) is 0 Å². The molecule has 0 saturated carbocycles. The number of ether oxygens (including phenoxy) is 1. The molecule has 0 unspecified atom stereocenters. The van der Waals surface area contributed by atoms with Gasteiger partial charge in [0, 0.05) is 0 Å². The van der Waals surface area contributed by atoms with E-state index in [0.29, 0.717) is 22.5 Å². The van der Waals surface area contributed by atoms with E-state index in [1.54, 1.807) is 6.33 Å². The summed E-state index contributed by atoms with van der Waals surface area (Å²) in [5, 5.41) is 9.76. The summed E-state index contributed by atoms with van der Waals surface area (Å²) in [6.07, 6.45) is 1.78. The molecule has 0 N–H and O–H groups in total. The van der Waals surface area contributed by atoms with Crippen LogP contribution in [0.25, 0.3) is 16.7 Å². The molecule has 142 valence electrons. The molecule has 0 bridgehead atoms. The van der Waals surface area contributed by atoms with Gasteiger partial charge in [-0.3, -0.25) is 9.36 Å². The highest BCUT2D eigenvalue weighted by molar-refractivity contribution is 7.99. The van der Waals surface area contributed by atoms with Crippen molar-refractivity contribution >= 4 is 40.4 Å². The molecule has 0 aliphatic carbocycles. The number of thioether (sulfide) groups is 1. The minimum Gasteiger partial charge on any atom is -0.468 e. The van der Waals surface area contributed by atoms with Gasteiger partial charge in [0.1, 0.15) is 0 Å². The van der Waals surface area contributed by atoms with E-state index in [1.807, 2.05) is 57.7 Å². The Morgan fingerprint density at radius 3 is 2.75 bits per heavy atom. The van der Waals surface area contributed by atoms with Gasteiger partial charge in [-0.15, -0.1) is 10.2 Å². The first kappa shape index (κ1) is 18.5. The predicted octanol–water partition coefficient (Wildman–Crippen LogP) is 3.58. The van der Waals surface area contributed by atoms with Gasteiger partial charge in [-0.05, 0) is 24.3 Å². The number of rotatable bonds is 6. The first-order chi connectivity index (χ1) is 13.7. The average molecular weight is 414 g/mol. The van der Waals surface area contributed by atoms with E-state index in [4.69, 9.17) is 16.3 Å². The number of para-hydroxylation sites is 3. The molecule has 0 fully saturated rings. The monoisotopic (exact) mass is 413 g/mol. The van der Waals surface area contributed by atoms with Crippen molar-refractivity contribution in [3.05, 3.63) is 65.7 Å². The van der Waals surface area contributed by atoms with Gasteiger partial charge < -0.3 is 9.30 Å². The lowest BCUT2D eigenvalue weighted by atomic mass is 10.3. The number of hydrogen-bond donors (Lipinski definition) is 0. The zero-order chi connectivity index (χ0) is 19.5. The molecule has 0 spiro atoms. The van der Waals surface area contributed by atoms with Crippen molar-refractivity contribution in [2.45, 2.75) is 11.7 Å². The summed E-state index contributed by atoms with van der Waals surface area (Å²) in [6, 6.07) is 15.3. The lowest BCUT2D eigenvalue weighted by Gasteiger charge is -2.12. The smallest absolute Gasteiger partial charge is 0.316 e. The fraction of sp³-hybridized carbons (Fsp3) is 0.158. The molecule has 0 aliphatic heterocycles. The van der Waals surface area contributed by atoms with Gasteiger partial charge in [0.05, 0.1) is 47.5 Å². The summed E-state index contributed by atoms with van der Waals surface area (Å²) >= 11 is 7.68. The Labute approximate surface area is 170 Å². The van der Waals surface area contributed by atoms with Gasteiger partial charge in [-0.25, -0.2) is 4.98 Å². The molecule has 4 rings (SSSR count). The van der Waals surface area contributed by atoms with Crippen molar-refractivity contribution < 1.29 is 9.53 Å². The van der Waals surface area contributed by atoms with Gasteiger partial charge in [0.25, 0.3) is 0 Å². The van der Waals surface area contributed by atoms with Crippen molar-refractivity contribution in [1.82, 2.24) is 24.3 Å². The van der Waals surface area contributed by atoms with Crippen LogP contribution in [0.1, 0.15) is 5.82 Å². The number of carbonyl (C=O) groups is 1. The minimum atomic E-state index is -0.333. The molecule has 0 atom stereocenters. The van der Waals surface area contributed by atoms with E-state index < -0.39 is 0 Å². The Kier molecular flexibility index (Phi) is 5.31. The number of hydrogen-bond acceptors (Lipinski definition) is 6. The molecule has 0 amide bonds. The number of halogens is 1. The van der Waals surface area contributed by atoms with Gasteiger partial charge in [0.2, 0.25) is 0 Å². The maximum atomic E-state index is 11.6. The molecule has 4 aromatic rings. The first-order valence-electron chi connectivity index (χ1n) is 8.46. The molecular formula is C19H16ClN5O2S. The summed E-state index contributed by atoms with van der Waals surface area (Å²) < 4.78 is 8.59. The SMILES string of the molecule is COC(=O)CSc1nnc(Cn2cnc3ccccc32)n1-c1ccccc1Cl. The standard InChI is InChI=1S/C19H16ClN5O2S/c1-27-18(26)11-28-19-23-22-17(25(19)15-8-4-2-6-13(15)20)10-24-12-21-14-7-3-5-9-16(14)24/h2-9,12H,10-11H2,1H3. The van der Waals surface area contributed by atoms with E-state index in [1.165, 1.54) is 18.9 Å². The minimum absolute atomic E-state index is 0.132. The Balaban J connectivity index is 1.75. The zero-order valence-corrected chi connectivity index (χ0v) is 16.5. The maximum Gasteiger partial charge on any atom is 0.316 e. The molecule has 9 heteroatoms. The topological polar surface area (TPSA) is 74.8 Å². The van der Waals surface area contributed by atoms with Crippen molar-refractivity contribution in [3.63, 3.8) is 0 Å². The Bertz CT molecular complexity index is 1140. The summed E-state index contributed by atoms with van der Waals surface area (Å²) in [6.45, 7) is 0.456. The second-order valence-electron chi connectivity index (χ2n) is 5.91. The molecule has 0 aliphatic rings. The van der Waals surface area contributed by atoms with Crippen LogP contribution < -0.4 is 0 Å². The summed E-state index contributed by atoms with van der Waals surface area (Å²) in [4.78, 5) is 16.0. The van der Waals surface area contributed by atoms with Crippen LogP contribution in [0.4, 0.5) is 0 Å². The van der Waals surface area contributed by atoms with E-state index in [2.05, 4.69) is 15.2 Å². The second-order valence-corrected chi connectivity index (χ2v) is 7.26. The second kappa shape index (κ2) is 8.04. The highest BCUT2D eigenvalue weighted by Crippen LogP contribution is 2.28. The lowest BCUT2D eigenvalue weighted by molar-refractivity contribution is -0.137. The van der Waals surface area contributed by atoms with E-state index in [-0.39, 0.29) is 11.7 Å². The molecule has 7 nitrogen and oxygen atoms in total. The number of methoxy groups -OCH3 is 1. The zero-order valence-electron chi connectivity index (χ0n) is 14.9. The maximum absolute atomic E-state index is 11.6. The lowest BCUT2D eigenvalue weighted by Crippen LogP contribution is -2.09. The summed E-state index contributed by atoms with van der Waals surface area (Å²) in [7, 11) is 1.36. The number of benzene rings is 2. The summed E-state index contributed by atoms with van der Waals surface area (Å²) in [5.41, 5.74) is 2.66. The Morgan fingerprint density at radius 2 is 1.93 bits per heavy atom. The quantitative estimate of drug-likeness (QED) is 0.355. The predicted molar refractivity (Wildman–Crippen MR) is 108 cm³/mol. The van der Waals surface area contributed by atoms with Crippen LogP contribution in [0.15, 0.2) is 60.0 Å². The third-order valence-corrected chi connectivity index (χ3v) is 5.40. The van der Waals surface area contributed by atoms with Crippen molar-refractivity contribution in [3.8, 4) is 5.69 Å². The van der Waals surface area contributed by atoms with Gasteiger partial charge in [0.15, 0.2) is 11.0 Å². The van der Waals surface area contributed by atoms with Crippen molar-refractivity contribution in [2.24, 2.45) is 0 Å². The average Bonchev–Trinajstić information content (AvgIpc) is 3.31. The normalized spacial score (nSPS) is 11.1. The van der Waals surface area contributed by atoms with Crippen LogP contribution in [-0.4, -0.2) is 43.1 Å². The molecular weight excluding hydrogens is 398 g/mol. The largest absolute Gasteiger partial charge is 0.468 e. The van der Waals surface area contributed by atoms with Crippen LogP contribution in [-0.2, 0) is 16.1 Å². The van der Waals surface area contributed by atoms with Crippen LogP contribution in [0.5, 0.6) is 0 Å². The third kappa shape index (κ3) is 3.61. The molecule has 2 aromatic heterocycles. The van der Waals surface area contributed by atoms with Gasteiger partial charge >= 0.3 is 5.97 Å². The van der Waals surface area contributed by atoms with Crippen LogP contribution in [0.3, 0.4) is 0 Å². The number of carbonyl (C=O) groups excluding carboxylic acids is 1. The molecule has 0 saturated heterocycles. The Hall–Kier alpha value is -2.84. The molecule has 28 heavy (non-hydrogen) atoms. The first-order valence-corrected chi connectivity index (χ1v) is 9.82. The molecule has 2 heterocycles. The van der Waals surface area contributed by atoms with Crippen LogP contribution >= 0.6 is 23.4 Å². The van der Waals surface area contributed by atoms with E-state index in [0.717, 1.165) is 16.7 Å². The van der Waals surface area contributed by atoms with Crippen LogP contribution in [0.2, 0.25) is 5.02 Å². The highest BCUT2D eigenvalue weighted by atomic mass is 35.5. The summed E-state index contributed by atoms with van der Waals surface area (Å²) in [5.74, 6) is 0.483. The fourth-order valence-corrected chi connectivity index (χ4v) is 3.86. The molecule has 2 aromatic carbocycles. The van der Waals surface area contributed by atoms with Gasteiger partial charge in [-0.1, -0.05) is 47.6 Å². The number of nitrogens with zero attached hydrogens (tertiary/aromatic N) is 5. The van der Waals surface area contributed by atoms with E-state index >= 15 is 0 Å². The molecule has 0 radical (unpaired) electrons.